The average Bonchev–Trinajstić information content (AvgIpc) is 2.59. The van der Waals surface area contributed by atoms with Gasteiger partial charge in [-0.15, -0.1) is 0 Å². The van der Waals surface area contributed by atoms with Crippen LogP contribution in [0, 0.1) is 0 Å². The van der Waals surface area contributed by atoms with Crippen LogP contribution in [0.1, 0.15) is 31.9 Å². The minimum atomic E-state index is -0.191. The second-order valence-corrected chi connectivity index (χ2v) is 4.15. The third kappa shape index (κ3) is 1.90. The highest BCUT2D eigenvalue weighted by Crippen LogP contribution is 2.31. The third-order valence-electron chi connectivity index (χ3n) is 2.98. The fraction of sp³-hybridized carbons (Fsp3) is 0.462. The summed E-state index contributed by atoms with van der Waals surface area (Å²) >= 11 is 0. The second-order valence-electron chi connectivity index (χ2n) is 4.15. The van der Waals surface area contributed by atoms with Gasteiger partial charge in [0.15, 0.2) is 0 Å². The summed E-state index contributed by atoms with van der Waals surface area (Å²) in [7, 11) is 0. The van der Waals surface area contributed by atoms with Crippen molar-refractivity contribution in [2.45, 2.75) is 32.4 Å². The minimum absolute atomic E-state index is 0.120. The molecule has 1 saturated heterocycles. The minimum Gasteiger partial charge on any atom is -0.439 e. The highest BCUT2D eigenvalue weighted by Gasteiger charge is 2.38. The monoisotopic (exact) mass is 219 g/mol. The quantitative estimate of drug-likeness (QED) is 0.782. The SMILES string of the molecule is CCCN1C(=O)OC(c2ccccc2)C1C. The van der Waals surface area contributed by atoms with Gasteiger partial charge in [0.25, 0.3) is 0 Å². The van der Waals surface area contributed by atoms with E-state index in [2.05, 4.69) is 6.92 Å². The standard InChI is InChI=1S/C13H17NO2/c1-3-9-14-10(2)12(16-13(14)15)11-7-5-4-6-8-11/h4-8,10,12H,3,9H2,1-2H3. The molecule has 0 aromatic heterocycles. The molecule has 16 heavy (non-hydrogen) atoms. The number of hydrogen-bond acceptors (Lipinski definition) is 2. The molecule has 2 unspecified atom stereocenters. The molecule has 1 aromatic carbocycles. The first-order valence-electron chi connectivity index (χ1n) is 5.76. The van der Waals surface area contributed by atoms with Gasteiger partial charge in [0.2, 0.25) is 0 Å². The van der Waals surface area contributed by atoms with Crippen LogP contribution in [0.3, 0.4) is 0 Å². The Morgan fingerprint density at radius 3 is 2.62 bits per heavy atom. The molecule has 86 valence electrons. The molecular formula is C13H17NO2. The molecule has 2 rings (SSSR count). The van der Waals surface area contributed by atoms with E-state index in [-0.39, 0.29) is 18.2 Å². The molecule has 0 saturated carbocycles. The number of amides is 1. The molecule has 1 aromatic rings. The van der Waals surface area contributed by atoms with E-state index >= 15 is 0 Å². The predicted octanol–water partition coefficient (Wildman–Crippen LogP) is 2.98. The van der Waals surface area contributed by atoms with Crippen molar-refractivity contribution in [2.24, 2.45) is 0 Å². The van der Waals surface area contributed by atoms with Crippen molar-refractivity contribution in [1.82, 2.24) is 4.90 Å². The Balaban J connectivity index is 2.17. The van der Waals surface area contributed by atoms with Crippen molar-refractivity contribution in [2.75, 3.05) is 6.54 Å². The van der Waals surface area contributed by atoms with Crippen LogP contribution in [0.5, 0.6) is 0 Å². The van der Waals surface area contributed by atoms with E-state index in [1.807, 2.05) is 37.3 Å². The highest BCUT2D eigenvalue weighted by atomic mass is 16.6. The first-order valence-corrected chi connectivity index (χ1v) is 5.76. The van der Waals surface area contributed by atoms with Crippen molar-refractivity contribution < 1.29 is 9.53 Å². The molecule has 3 heteroatoms. The molecule has 0 spiro atoms. The zero-order valence-corrected chi connectivity index (χ0v) is 9.72. The second kappa shape index (κ2) is 4.56. The summed E-state index contributed by atoms with van der Waals surface area (Å²) in [6.07, 6.45) is 0.643. The molecule has 0 radical (unpaired) electrons. The van der Waals surface area contributed by atoms with E-state index in [1.165, 1.54) is 0 Å². The van der Waals surface area contributed by atoms with Gasteiger partial charge in [0.05, 0.1) is 6.04 Å². The van der Waals surface area contributed by atoms with Gasteiger partial charge in [-0.3, -0.25) is 0 Å². The lowest BCUT2D eigenvalue weighted by atomic mass is 10.0. The Morgan fingerprint density at radius 2 is 2.00 bits per heavy atom. The number of hydrogen-bond donors (Lipinski definition) is 0. The number of carbonyl (C=O) groups is 1. The Morgan fingerprint density at radius 1 is 1.31 bits per heavy atom. The van der Waals surface area contributed by atoms with Crippen LogP contribution < -0.4 is 0 Å². The van der Waals surface area contributed by atoms with E-state index in [4.69, 9.17) is 4.74 Å². The summed E-state index contributed by atoms with van der Waals surface area (Å²) < 4.78 is 5.41. The number of benzene rings is 1. The third-order valence-corrected chi connectivity index (χ3v) is 2.98. The number of cyclic esters (lactones) is 1. The highest BCUT2D eigenvalue weighted by molar-refractivity contribution is 5.71. The Kier molecular flexibility index (Phi) is 3.13. The topological polar surface area (TPSA) is 29.5 Å². The summed E-state index contributed by atoms with van der Waals surface area (Å²) in [5, 5.41) is 0. The van der Waals surface area contributed by atoms with Gasteiger partial charge in [0, 0.05) is 6.54 Å². The van der Waals surface area contributed by atoms with Crippen LogP contribution in [0.25, 0.3) is 0 Å². The van der Waals surface area contributed by atoms with Gasteiger partial charge in [-0.05, 0) is 18.9 Å². The van der Waals surface area contributed by atoms with Gasteiger partial charge < -0.3 is 9.64 Å². The van der Waals surface area contributed by atoms with Crippen molar-refractivity contribution in [3.63, 3.8) is 0 Å². The molecule has 1 amide bonds. The lowest BCUT2D eigenvalue weighted by Crippen LogP contribution is -2.32. The van der Waals surface area contributed by atoms with Crippen LogP contribution in [-0.2, 0) is 4.74 Å². The maximum atomic E-state index is 11.7. The van der Waals surface area contributed by atoms with Gasteiger partial charge in [-0.2, -0.15) is 0 Å². The fourth-order valence-electron chi connectivity index (χ4n) is 2.13. The summed E-state index contributed by atoms with van der Waals surface area (Å²) in [4.78, 5) is 13.5. The first-order chi connectivity index (χ1) is 7.74. The van der Waals surface area contributed by atoms with E-state index in [0.717, 1.165) is 18.5 Å². The predicted molar refractivity (Wildman–Crippen MR) is 62.1 cm³/mol. The largest absolute Gasteiger partial charge is 0.439 e. The number of rotatable bonds is 3. The van der Waals surface area contributed by atoms with E-state index in [0.29, 0.717) is 0 Å². The molecule has 2 atom stereocenters. The summed E-state index contributed by atoms with van der Waals surface area (Å²) in [5.74, 6) is 0. The van der Waals surface area contributed by atoms with Crippen molar-refractivity contribution in [1.29, 1.82) is 0 Å². The van der Waals surface area contributed by atoms with E-state index in [9.17, 15) is 4.79 Å². The molecule has 1 fully saturated rings. The van der Waals surface area contributed by atoms with E-state index in [1.54, 1.807) is 4.90 Å². The molecule has 0 N–H and O–H groups in total. The van der Waals surface area contributed by atoms with Gasteiger partial charge in [-0.1, -0.05) is 37.3 Å². The van der Waals surface area contributed by atoms with Crippen LogP contribution in [0.2, 0.25) is 0 Å². The van der Waals surface area contributed by atoms with Gasteiger partial charge >= 0.3 is 6.09 Å². The number of ether oxygens (including phenoxy) is 1. The lowest BCUT2D eigenvalue weighted by molar-refractivity contribution is 0.130. The molecule has 0 aliphatic carbocycles. The first kappa shape index (κ1) is 11.0. The molecule has 1 aliphatic heterocycles. The molecular weight excluding hydrogens is 202 g/mol. The molecule has 1 heterocycles. The number of nitrogens with zero attached hydrogens (tertiary/aromatic N) is 1. The Labute approximate surface area is 96.0 Å². The smallest absolute Gasteiger partial charge is 0.410 e. The number of carbonyl (C=O) groups excluding carboxylic acids is 1. The summed E-state index contributed by atoms with van der Waals surface area (Å²) in [6, 6.07) is 10.0. The van der Waals surface area contributed by atoms with Crippen LogP contribution in [-0.4, -0.2) is 23.6 Å². The zero-order chi connectivity index (χ0) is 11.5. The Hall–Kier alpha value is -1.51. The molecule has 1 aliphatic rings. The van der Waals surface area contributed by atoms with Crippen LogP contribution in [0.15, 0.2) is 30.3 Å². The maximum Gasteiger partial charge on any atom is 0.410 e. The summed E-state index contributed by atoms with van der Waals surface area (Å²) in [6.45, 7) is 4.87. The van der Waals surface area contributed by atoms with Crippen molar-refractivity contribution >= 4 is 6.09 Å². The Bertz CT molecular complexity index is 363. The van der Waals surface area contributed by atoms with Crippen LogP contribution in [0.4, 0.5) is 4.79 Å². The summed E-state index contributed by atoms with van der Waals surface area (Å²) in [5.41, 5.74) is 1.07. The van der Waals surface area contributed by atoms with Gasteiger partial charge in [-0.25, -0.2) is 4.79 Å². The normalized spacial score (nSPS) is 24.6. The van der Waals surface area contributed by atoms with Crippen LogP contribution >= 0.6 is 0 Å². The van der Waals surface area contributed by atoms with Crippen molar-refractivity contribution in [3.8, 4) is 0 Å². The van der Waals surface area contributed by atoms with E-state index < -0.39 is 0 Å². The zero-order valence-electron chi connectivity index (χ0n) is 9.72. The average molecular weight is 219 g/mol. The lowest BCUT2D eigenvalue weighted by Gasteiger charge is -2.20. The molecule has 0 bridgehead atoms. The molecule has 3 nitrogen and oxygen atoms in total. The van der Waals surface area contributed by atoms with Crippen molar-refractivity contribution in [3.05, 3.63) is 35.9 Å². The maximum absolute atomic E-state index is 11.7. The van der Waals surface area contributed by atoms with Gasteiger partial charge in [0.1, 0.15) is 6.10 Å². The fourth-order valence-corrected chi connectivity index (χ4v) is 2.13.